The number of aryl methyl sites for hydroxylation is 2. The van der Waals surface area contributed by atoms with E-state index in [2.05, 4.69) is 51.7 Å². The lowest BCUT2D eigenvalue weighted by Gasteiger charge is -2.36. The number of rotatable bonds is 4. The van der Waals surface area contributed by atoms with Crippen LogP contribution in [-0.4, -0.2) is 22.9 Å². The number of nitrogens with two attached hydrogens (primary N) is 1. The van der Waals surface area contributed by atoms with E-state index < -0.39 is 0 Å². The van der Waals surface area contributed by atoms with Crippen molar-refractivity contribution in [3.63, 3.8) is 0 Å². The van der Waals surface area contributed by atoms with E-state index >= 15 is 0 Å². The third-order valence-electron chi connectivity index (χ3n) is 3.78. The molecule has 2 N–H and O–H groups in total. The normalized spacial score (nSPS) is 13.7. The zero-order chi connectivity index (χ0) is 14.1. The molecule has 18 heavy (non-hydrogen) atoms. The first kappa shape index (κ1) is 14.9. The third-order valence-corrected chi connectivity index (χ3v) is 3.78. The van der Waals surface area contributed by atoms with Gasteiger partial charge in [0.1, 0.15) is 5.82 Å². The van der Waals surface area contributed by atoms with Crippen LogP contribution in [-0.2, 0) is 13.5 Å². The molecule has 1 rings (SSSR count). The topological polar surface area (TPSA) is 47.1 Å². The van der Waals surface area contributed by atoms with Gasteiger partial charge >= 0.3 is 0 Å². The standard InChI is InChI=1S/C14H28N4/c1-8-9-11-12(15)13(18(7)16-11)17(6)10(2)14(3,4)5/h10H,8-9,15H2,1-7H3. The molecule has 0 amide bonds. The third kappa shape index (κ3) is 2.79. The Hall–Kier alpha value is -1.19. The Balaban J connectivity index is 3.10. The Morgan fingerprint density at radius 2 is 1.94 bits per heavy atom. The number of aromatic nitrogens is 2. The molecular formula is C14H28N4. The fourth-order valence-corrected chi connectivity index (χ4v) is 2.19. The van der Waals surface area contributed by atoms with E-state index in [1.54, 1.807) is 0 Å². The van der Waals surface area contributed by atoms with Gasteiger partial charge in [-0.15, -0.1) is 0 Å². The van der Waals surface area contributed by atoms with Crippen molar-refractivity contribution in [3.05, 3.63) is 5.69 Å². The monoisotopic (exact) mass is 252 g/mol. The Morgan fingerprint density at radius 1 is 1.39 bits per heavy atom. The number of hydrogen-bond donors (Lipinski definition) is 1. The SMILES string of the molecule is CCCc1nn(C)c(N(C)C(C)C(C)(C)C)c1N. The second-order valence-electron chi connectivity index (χ2n) is 6.21. The molecule has 1 aromatic heterocycles. The molecule has 0 aromatic carbocycles. The first-order valence-corrected chi connectivity index (χ1v) is 6.74. The zero-order valence-corrected chi connectivity index (χ0v) is 12.9. The molecule has 0 saturated heterocycles. The number of nitrogen functional groups attached to an aromatic ring is 1. The molecule has 0 aliphatic carbocycles. The van der Waals surface area contributed by atoms with E-state index in [0.29, 0.717) is 6.04 Å². The van der Waals surface area contributed by atoms with Gasteiger partial charge in [-0.25, -0.2) is 0 Å². The van der Waals surface area contributed by atoms with Crippen LogP contribution in [0.1, 0.15) is 46.7 Å². The highest BCUT2D eigenvalue weighted by Crippen LogP contribution is 2.32. The molecule has 0 spiro atoms. The van der Waals surface area contributed by atoms with E-state index in [1.165, 1.54) is 0 Å². The second-order valence-corrected chi connectivity index (χ2v) is 6.21. The van der Waals surface area contributed by atoms with E-state index in [-0.39, 0.29) is 5.41 Å². The second kappa shape index (κ2) is 5.21. The fraction of sp³-hybridized carbons (Fsp3) is 0.786. The Kier molecular flexibility index (Phi) is 4.30. The summed E-state index contributed by atoms with van der Waals surface area (Å²) in [4.78, 5) is 2.24. The van der Waals surface area contributed by atoms with Crippen LogP contribution in [0.4, 0.5) is 11.5 Å². The summed E-state index contributed by atoms with van der Waals surface area (Å²) >= 11 is 0. The van der Waals surface area contributed by atoms with Gasteiger partial charge < -0.3 is 10.6 Å². The van der Waals surface area contributed by atoms with Crippen molar-refractivity contribution in [1.82, 2.24) is 9.78 Å². The van der Waals surface area contributed by atoms with Crippen molar-refractivity contribution in [1.29, 1.82) is 0 Å². The van der Waals surface area contributed by atoms with Crippen molar-refractivity contribution in [2.24, 2.45) is 12.5 Å². The van der Waals surface area contributed by atoms with Gasteiger partial charge in [0.25, 0.3) is 0 Å². The number of anilines is 2. The van der Waals surface area contributed by atoms with Gasteiger partial charge in [0.05, 0.1) is 11.4 Å². The summed E-state index contributed by atoms with van der Waals surface area (Å²) in [6.07, 6.45) is 2.01. The molecule has 0 fully saturated rings. The molecule has 4 nitrogen and oxygen atoms in total. The Morgan fingerprint density at radius 3 is 2.39 bits per heavy atom. The Bertz CT molecular complexity index is 401. The van der Waals surface area contributed by atoms with Gasteiger partial charge in [-0.2, -0.15) is 5.10 Å². The molecule has 0 aliphatic rings. The van der Waals surface area contributed by atoms with Crippen LogP contribution in [0.25, 0.3) is 0 Å². The molecule has 1 unspecified atom stereocenters. The summed E-state index contributed by atoms with van der Waals surface area (Å²) in [7, 11) is 4.07. The fourth-order valence-electron chi connectivity index (χ4n) is 2.19. The summed E-state index contributed by atoms with van der Waals surface area (Å²) in [6.45, 7) is 11.1. The largest absolute Gasteiger partial charge is 0.394 e. The summed E-state index contributed by atoms with van der Waals surface area (Å²) in [6, 6.07) is 0.393. The van der Waals surface area contributed by atoms with Gasteiger partial charge in [0.15, 0.2) is 0 Å². The van der Waals surface area contributed by atoms with Crippen molar-refractivity contribution in [3.8, 4) is 0 Å². The molecule has 0 bridgehead atoms. The van der Waals surface area contributed by atoms with Crippen LogP contribution in [0.5, 0.6) is 0 Å². The maximum absolute atomic E-state index is 6.25. The van der Waals surface area contributed by atoms with E-state index in [4.69, 9.17) is 5.73 Å². The van der Waals surface area contributed by atoms with Gasteiger partial charge in [0, 0.05) is 20.1 Å². The predicted octanol–water partition coefficient (Wildman–Crippen LogP) is 2.83. The summed E-state index contributed by atoms with van der Waals surface area (Å²) in [5.41, 5.74) is 8.30. The lowest BCUT2D eigenvalue weighted by Crippen LogP contribution is -2.40. The smallest absolute Gasteiger partial charge is 0.150 e. The number of hydrogen-bond acceptors (Lipinski definition) is 3. The lowest BCUT2D eigenvalue weighted by atomic mass is 9.87. The minimum atomic E-state index is 0.205. The predicted molar refractivity (Wildman–Crippen MR) is 78.9 cm³/mol. The molecule has 1 aromatic rings. The van der Waals surface area contributed by atoms with Crippen LogP contribution in [0.3, 0.4) is 0 Å². The maximum Gasteiger partial charge on any atom is 0.150 e. The van der Waals surface area contributed by atoms with E-state index in [0.717, 1.165) is 30.0 Å². The summed E-state index contributed by atoms with van der Waals surface area (Å²) < 4.78 is 1.91. The van der Waals surface area contributed by atoms with Gasteiger partial charge in [0.2, 0.25) is 0 Å². The van der Waals surface area contributed by atoms with Crippen LogP contribution >= 0.6 is 0 Å². The highest BCUT2D eigenvalue weighted by atomic mass is 15.4. The molecule has 104 valence electrons. The van der Waals surface area contributed by atoms with Crippen molar-refractivity contribution in [2.75, 3.05) is 17.7 Å². The average molecular weight is 252 g/mol. The Labute approximate surface area is 111 Å². The molecule has 0 aliphatic heterocycles. The maximum atomic E-state index is 6.25. The highest BCUT2D eigenvalue weighted by molar-refractivity contribution is 5.66. The van der Waals surface area contributed by atoms with Crippen molar-refractivity contribution >= 4 is 11.5 Å². The molecule has 0 radical (unpaired) electrons. The minimum absolute atomic E-state index is 0.205. The zero-order valence-electron chi connectivity index (χ0n) is 12.9. The van der Waals surface area contributed by atoms with Gasteiger partial charge in [-0.1, -0.05) is 34.1 Å². The molecule has 1 heterocycles. The molecule has 4 heteroatoms. The summed E-state index contributed by atoms with van der Waals surface area (Å²) in [5.74, 6) is 1.03. The van der Waals surface area contributed by atoms with Gasteiger partial charge in [-0.3, -0.25) is 4.68 Å². The lowest BCUT2D eigenvalue weighted by molar-refractivity contribution is 0.327. The van der Waals surface area contributed by atoms with Crippen LogP contribution < -0.4 is 10.6 Å². The van der Waals surface area contributed by atoms with Crippen LogP contribution in [0, 0.1) is 5.41 Å². The number of nitrogens with zero attached hydrogens (tertiary/aromatic N) is 3. The molecule has 1 atom stereocenters. The van der Waals surface area contributed by atoms with Crippen molar-refractivity contribution < 1.29 is 0 Å². The highest BCUT2D eigenvalue weighted by Gasteiger charge is 2.27. The van der Waals surface area contributed by atoms with Gasteiger partial charge in [-0.05, 0) is 18.8 Å². The molecular weight excluding hydrogens is 224 g/mol. The van der Waals surface area contributed by atoms with Crippen LogP contribution in [0.2, 0.25) is 0 Å². The summed E-state index contributed by atoms with van der Waals surface area (Å²) in [5, 5.41) is 4.54. The van der Waals surface area contributed by atoms with E-state index in [1.807, 2.05) is 11.7 Å². The average Bonchev–Trinajstić information content (AvgIpc) is 2.52. The molecule has 0 saturated carbocycles. The van der Waals surface area contributed by atoms with Crippen LogP contribution in [0.15, 0.2) is 0 Å². The first-order chi connectivity index (χ1) is 8.20. The first-order valence-electron chi connectivity index (χ1n) is 6.74. The van der Waals surface area contributed by atoms with Crippen molar-refractivity contribution in [2.45, 2.75) is 53.5 Å². The van der Waals surface area contributed by atoms with E-state index in [9.17, 15) is 0 Å². The minimum Gasteiger partial charge on any atom is -0.394 e. The quantitative estimate of drug-likeness (QED) is 0.896.